The van der Waals surface area contributed by atoms with Crippen LogP contribution in [0.25, 0.3) is 5.65 Å². The van der Waals surface area contributed by atoms with Crippen molar-refractivity contribution in [3.63, 3.8) is 0 Å². The molecule has 0 amide bonds. The predicted octanol–water partition coefficient (Wildman–Crippen LogP) is 2.25. The topological polar surface area (TPSA) is 37.5 Å². The van der Waals surface area contributed by atoms with Crippen molar-refractivity contribution in [1.29, 1.82) is 0 Å². The van der Waals surface area contributed by atoms with E-state index >= 15 is 0 Å². The lowest BCUT2D eigenvalue weighted by Gasteiger charge is -2.00. The van der Waals surface area contributed by atoms with Crippen molar-refractivity contribution in [2.75, 3.05) is 0 Å². The molecule has 0 aliphatic carbocycles. The van der Waals surface area contributed by atoms with Gasteiger partial charge in [0.15, 0.2) is 11.4 Å². The Labute approximate surface area is 82.0 Å². The molecular formula is C8H6BrFN2O. The van der Waals surface area contributed by atoms with Crippen LogP contribution < -0.4 is 0 Å². The van der Waals surface area contributed by atoms with Gasteiger partial charge in [0.1, 0.15) is 0 Å². The molecule has 2 heterocycles. The van der Waals surface area contributed by atoms with Gasteiger partial charge >= 0.3 is 0 Å². The normalized spacial score (nSPS) is 11.0. The summed E-state index contributed by atoms with van der Waals surface area (Å²) in [6.07, 6.45) is 3.25. The van der Waals surface area contributed by atoms with E-state index in [9.17, 15) is 9.50 Å². The summed E-state index contributed by atoms with van der Waals surface area (Å²) in [6, 6.07) is 0. The first-order chi connectivity index (χ1) is 6.09. The number of nitrogens with zero attached hydrogens (tertiary/aromatic N) is 2. The van der Waals surface area contributed by atoms with E-state index in [0.29, 0.717) is 10.2 Å². The summed E-state index contributed by atoms with van der Waals surface area (Å²) in [5.74, 6) is -1.11. The van der Waals surface area contributed by atoms with Gasteiger partial charge in [-0.25, -0.2) is 4.98 Å². The summed E-state index contributed by atoms with van der Waals surface area (Å²) in [7, 11) is 0. The quantitative estimate of drug-likeness (QED) is 0.772. The molecule has 68 valence electrons. The lowest BCUT2D eigenvalue weighted by molar-refractivity contribution is 0.429. The fraction of sp³-hybridized carbons (Fsp3) is 0.125. The Hall–Kier alpha value is -1.10. The minimum absolute atomic E-state index is 0.137. The molecule has 2 rings (SSSR count). The third kappa shape index (κ3) is 1.19. The molecule has 0 unspecified atom stereocenters. The van der Waals surface area contributed by atoms with Crippen LogP contribution in [0.2, 0.25) is 0 Å². The van der Waals surface area contributed by atoms with Crippen LogP contribution in [-0.4, -0.2) is 14.5 Å². The predicted molar refractivity (Wildman–Crippen MR) is 49.3 cm³/mol. The van der Waals surface area contributed by atoms with Gasteiger partial charge in [-0.2, -0.15) is 4.39 Å². The van der Waals surface area contributed by atoms with Crippen LogP contribution in [0.15, 0.2) is 16.9 Å². The second-order valence-corrected chi connectivity index (χ2v) is 3.61. The van der Waals surface area contributed by atoms with E-state index in [0.717, 1.165) is 0 Å². The molecule has 0 atom stereocenters. The van der Waals surface area contributed by atoms with E-state index in [1.165, 1.54) is 4.40 Å². The summed E-state index contributed by atoms with van der Waals surface area (Å²) < 4.78 is 15.1. The third-order valence-corrected chi connectivity index (χ3v) is 2.32. The Kier molecular flexibility index (Phi) is 1.76. The van der Waals surface area contributed by atoms with E-state index in [1.54, 1.807) is 19.3 Å². The van der Waals surface area contributed by atoms with E-state index < -0.39 is 11.6 Å². The van der Waals surface area contributed by atoms with Gasteiger partial charge < -0.3 is 9.51 Å². The summed E-state index contributed by atoms with van der Waals surface area (Å²) in [5, 5.41) is 9.24. The molecule has 0 saturated heterocycles. The molecule has 0 radical (unpaired) electrons. The van der Waals surface area contributed by atoms with Crippen LogP contribution in [0.4, 0.5) is 4.39 Å². The fourth-order valence-electron chi connectivity index (χ4n) is 1.17. The Morgan fingerprint density at radius 3 is 2.92 bits per heavy atom. The molecule has 0 aliphatic heterocycles. The molecule has 0 spiro atoms. The van der Waals surface area contributed by atoms with Crippen molar-refractivity contribution in [3.05, 3.63) is 28.4 Å². The maximum Gasteiger partial charge on any atom is 0.209 e. The number of aryl methyl sites for hydroxylation is 1. The number of rotatable bonds is 0. The molecule has 3 nitrogen and oxygen atoms in total. The maximum absolute atomic E-state index is 13.3. The Balaban J connectivity index is 2.92. The second-order valence-electron chi connectivity index (χ2n) is 2.75. The largest absolute Gasteiger partial charge is 0.504 e. The van der Waals surface area contributed by atoms with E-state index in [4.69, 9.17) is 0 Å². The van der Waals surface area contributed by atoms with E-state index in [1.807, 2.05) is 0 Å². The van der Waals surface area contributed by atoms with Gasteiger partial charge in [-0.1, -0.05) is 0 Å². The highest BCUT2D eigenvalue weighted by Crippen LogP contribution is 2.28. The summed E-state index contributed by atoms with van der Waals surface area (Å²) >= 11 is 3.04. The van der Waals surface area contributed by atoms with E-state index in [2.05, 4.69) is 20.9 Å². The van der Waals surface area contributed by atoms with Crippen LogP contribution >= 0.6 is 15.9 Å². The van der Waals surface area contributed by atoms with Crippen LogP contribution in [0.5, 0.6) is 5.75 Å². The van der Waals surface area contributed by atoms with Crippen LogP contribution in [0.1, 0.15) is 5.69 Å². The van der Waals surface area contributed by atoms with Crippen LogP contribution in [-0.2, 0) is 0 Å². The van der Waals surface area contributed by atoms with Crippen LogP contribution in [0, 0.1) is 12.7 Å². The monoisotopic (exact) mass is 244 g/mol. The lowest BCUT2D eigenvalue weighted by atomic mass is 10.4. The second kappa shape index (κ2) is 2.70. The Morgan fingerprint density at radius 1 is 1.54 bits per heavy atom. The zero-order valence-electron chi connectivity index (χ0n) is 6.75. The van der Waals surface area contributed by atoms with Crippen LogP contribution in [0.3, 0.4) is 0 Å². The van der Waals surface area contributed by atoms with Gasteiger partial charge in [0.2, 0.25) is 5.82 Å². The summed E-state index contributed by atoms with van der Waals surface area (Å²) in [6.45, 7) is 1.76. The molecule has 0 aromatic carbocycles. The summed E-state index contributed by atoms with van der Waals surface area (Å²) in [5.41, 5.74) is 0.842. The van der Waals surface area contributed by atoms with E-state index in [-0.39, 0.29) is 5.65 Å². The Bertz CT molecular complexity index is 480. The van der Waals surface area contributed by atoms with Gasteiger partial charge in [-0.15, -0.1) is 0 Å². The summed E-state index contributed by atoms with van der Waals surface area (Å²) in [4.78, 5) is 3.92. The Morgan fingerprint density at radius 2 is 2.23 bits per heavy atom. The molecular weight excluding hydrogens is 239 g/mol. The standard InChI is InChI=1S/C8H6BrFN2O/c1-4-2-12-3-5(9)7(13)6(10)8(12)11-4/h2-3,13H,1H3. The average molecular weight is 245 g/mol. The number of aromatic nitrogens is 2. The number of halogens is 2. The van der Waals surface area contributed by atoms with Gasteiger partial charge in [0.25, 0.3) is 0 Å². The number of fused-ring (bicyclic) bond motifs is 1. The highest BCUT2D eigenvalue weighted by Gasteiger charge is 2.12. The highest BCUT2D eigenvalue weighted by atomic mass is 79.9. The number of hydrogen-bond acceptors (Lipinski definition) is 2. The molecule has 2 aromatic rings. The van der Waals surface area contributed by atoms with Gasteiger partial charge in [0.05, 0.1) is 10.2 Å². The number of aromatic hydroxyl groups is 1. The minimum atomic E-state index is -0.706. The van der Waals surface area contributed by atoms with Crippen molar-refractivity contribution in [1.82, 2.24) is 9.38 Å². The molecule has 2 aromatic heterocycles. The average Bonchev–Trinajstić information content (AvgIpc) is 2.42. The molecule has 13 heavy (non-hydrogen) atoms. The van der Waals surface area contributed by atoms with Gasteiger partial charge in [-0.05, 0) is 22.9 Å². The van der Waals surface area contributed by atoms with Crippen molar-refractivity contribution in [2.24, 2.45) is 0 Å². The number of hydrogen-bond donors (Lipinski definition) is 1. The van der Waals surface area contributed by atoms with Crippen molar-refractivity contribution >= 4 is 21.6 Å². The number of pyridine rings is 1. The molecule has 5 heteroatoms. The molecule has 1 N–H and O–H groups in total. The lowest BCUT2D eigenvalue weighted by Crippen LogP contribution is -1.89. The smallest absolute Gasteiger partial charge is 0.209 e. The third-order valence-electron chi connectivity index (χ3n) is 1.74. The molecule has 0 saturated carbocycles. The fourth-order valence-corrected chi connectivity index (χ4v) is 1.57. The first-order valence-corrected chi connectivity index (χ1v) is 4.41. The zero-order chi connectivity index (χ0) is 9.59. The van der Waals surface area contributed by atoms with Crippen molar-refractivity contribution in [3.8, 4) is 5.75 Å². The highest BCUT2D eigenvalue weighted by molar-refractivity contribution is 9.10. The SMILES string of the molecule is Cc1cn2cc(Br)c(O)c(F)c2n1. The van der Waals surface area contributed by atoms with Crippen molar-refractivity contribution < 1.29 is 9.50 Å². The van der Waals surface area contributed by atoms with Gasteiger partial charge in [-0.3, -0.25) is 0 Å². The first kappa shape index (κ1) is 8.50. The first-order valence-electron chi connectivity index (χ1n) is 3.62. The minimum Gasteiger partial charge on any atom is -0.504 e. The van der Waals surface area contributed by atoms with Gasteiger partial charge in [0, 0.05) is 12.4 Å². The molecule has 0 bridgehead atoms. The molecule has 0 fully saturated rings. The number of imidazole rings is 1. The maximum atomic E-state index is 13.3. The van der Waals surface area contributed by atoms with Crippen molar-refractivity contribution in [2.45, 2.75) is 6.92 Å². The zero-order valence-corrected chi connectivity index (χ0v) is 8.34. The molecule has 0 aliphatic rings.